The number of carboxylic acid groups (broad SMARTS) is 3. The molecular formula is C11H20O6. The first-order valence-electron chi connectivity index (χ1n) is 5.55. The van der Waals surface area contributed by atoms with E-state index in [-0.39, 0.29) is 12.8 Å². The molecule has 0 unspecified atom stereocenters. The Labute approximate surface area is 100 Å². The Morgan fingerprint density at radius 2 is 1.00 bits per heavy atom. The van der Waals surface area contributed by atoms with Gasteiger partial charge in [0.05, 0.1) is 0 Å². The maximum Gasteiger partial charge on any atom is 0.303 e. The molecule has 0 spiro atoms. The van der Waals surface area contributed by atoms with Gasteiger partial charge in [-0.1, -0.05) is 13.3 Å². The molecule has 100 valence electrons. The number of carboxylic acids is 3. The van der Waals surface area contributed by atoms with Crippen molar-refractivity contribution in [3.63, 3.8) is 0 Å². The molecule has 6 heteroatoms. The standard InChI is InChI=1S/C6H10O4.C5H10O2/c7-5(8)3-1-2-4-6(9)10;1-2-3-4-5(6)7/h1-4H2,(H,7,8)(H,9,10);2-4H2,1H3,(H,6,7). The molecule has 0 amide bonds. The molecule has 0 aromatic carbocycles. The highest BCUT2D eigenvalue weighted by atomic mass is 16.4. The third-order valence-corrected chi connectivity index (χ3v) is 1.78. The molecular weight excluding hydrogens is 228 g/mol. The molecule has 0 heterocycles. The van der Waals surface area contributed by atoms with Gasteiger partial charge in [-0.05, 0) is 19.3 Å². The Bertz CT molecular complexity index is 220. The second-order valence-electron chi connectivity index (χ2n) is 3.49. The minimum Gasteiger partial charge on any atom is -0.481 e. The monoisotopic (exact) mass is 248 g/mol. The van der Waals surface area contributed by atoms with Crippen LogP contribution in [0.5, 0.6) is 0 Å². The molecule has 6 nitrogen and oxygen atoms in total. The first-order valence-corrected chi connectivity index (χ1v) is 5.55. The summed E-state index contributed by atoms with van der Waals surface area (Å²) in [6.45, 7) is 1.98. The van der Waals surface area contributed by atoms with E-state index in [0.29, 0.717) is 19.3 Å². The van der Waals surface area contributed by atoms with E-state index < -0.39 is 17.9 Å². The Morgan fingerprint density at radius 1 is 0.706 bits per heavy atom. The molecule has 0 radical (unpaired) electrons. The van der Waals surface area contributed by atoms with Crippen molar-refractivity contribution < 1.29 is 29.7 Å². The summed E-state index contributed by atoms with van der Waals surface area (Å²) in [7, 11) is 0. The number of hydrogen-bond acceptors (Lipinski definition) is 3. The van der Waals surface area contributed by atoms with Crippen LogP contribution in [-0.4, -0.2) is 33.2 Å². The van der Waals surface area contributed by atoms with Crippen LogP contribution in [-0.2, 0) is 14.4 Å². The second kappa shape index (κ2) is 12.5. The third kappa shape index (κ3) is 25.1. The summed E-state index contributed by atoms with van der Waals surface area (Å²) in [6, 6.07) is 0. The molecule has 0 atom stereocenters. The van der Waals surface area contributed by atoms with Crippen LogP contribution < -0.4 is 0 Å². The Balaban J connectivity index is 0. The molecule has 0 saturated carbocycles. The van der Waals surface area contributed by atoms with Crippen molar-refractivity contribution in [2.75, 3.05) is 0 Å². The van der Waals surface area contributed by atoms with Crippen LogP contribution in [0.15, 0.2) is 0 Å². The predicted octanol–water partition coefficient (Wildman–Crippen LogP) is 1.98. The predicted molar refractivity (Wildman–Crippen MR) is 60.9 cm³/mol. The van der Waals surface area contributed by atoms with Crippen molar-refractivity contribution >= 4 is 17.9 Å². The molecule has 0 bridgehead atoms. The molecule has 0 aliphatic rings. The summed E-state index contributed by atoms with van der Waals surface area (Å²) in [5, 5.41) is 24.3. The molecule has 0 saturated heterocycles. The van der Waals surface area contributed by atoms with E-state index >= 15 is 0 Å². The number of aliphatic carboxylic acids is 3. The smallest absolute Gasteiger partial charge is 0.303 e. The largest absolute Gasteiger partial charge is 0.481 e. The first kappa shape index (κ1) is 17.8. The fourth-order valence-corrected chi connectivity index (χ4v) is 0.880. The zero-order valence-electron chi connectivity index (χ0n) is 10.0. The van der Waals surface area contributed by atoms with Crippen molar-refractivity contribution in [2.24, 2.45) is 0 Å². The number of hydrogen-bond donors (Lipinski definition) is 3. The van der Waals surface area contributed by atoms with Gasteiger partial charge in [-0.3, -0.25) is 14.4 Å². The van der Waals surface area contributed by atoms with Crippen LogP contribution in [0, 0.1) is 0 Å². The summed E-state index contributed by atoms with van der Waals surface area (Å²) in [5.74, 6) is -2.43. The van der Waals surface area contributed by atoms with Gasteiger partial charge in [-0.25, -0.2) is 0 Å². The van der Waals surface area contributed by atoms with Crippen molar-refractivity contribution in [1.29, 1.82) is 0 Å². The minimum atomic E-state index is -0.870. The minimum absolute atomic E-state index is 0.0628. The van der Waals surface area contributed by atoms with Gasteiger partial charge in [0.15, 0.2) is 0 Å². The molecule has 0 aromatic rings. The topological polar surface area (TPSA) is 112 Å². The van der Waals surface area contributed by atoms with E-state index in [4.69, 9.17) is 15.3 Å². The SMILES string of the molecule is CCCCC(=O)O.O=C(O)CCCCC(=O)O. The van der Waals surface area contributed by atoms with Gasteiger partial charge in [0.25, 0.3) is 0 Å². The maximum atomic E-state index is 9.90. The highest BCUT2D eigenvalue weighted by Crippen LogP contribution is 1.98. The fraction of sp³-hybridized carbons (Fsp3) is 0.727. The number of unbranched alkanes of at least 4 members (excludes halogenated alkanes) is 2. The van der Waals surface area contributed by atoms with E-state index in [0.717, 1.165) is 12.8 Å². The van der Waals surface area contributed by atoms with Crippen LogP contribution in [0.3, 0.4) is 0 Å². The van der Waals surface area contributed by atoms with Crippen molar-refractivity contribution in [3.05, 3.63) is 0 Å². The van der Waals surface area contributed by atoms with Crippen molar-refractivity contribution in [3.8, 4) is 0 Å². The van der Waals surface area contributed by atoms with Gasteiger partial charge in [0.1, 0.15) is 0 Å². The van der Waals surface area contributed by atoms with Crippen LogP contribution in [0.25, 0.3) is 0 Å². The summed E-state index contributed by atoms with van der Waals surface area (Å²) < 4.78 is 0. The lowest BCUT2D eigenvalue weighted by atomic mass is 10.2. The molecule has 0 aliphatic heterocycles. The second-order valence-corrected chi connectivity index (χ2v) is 3.49. The lowest BCUT2D eigenvalue weighted by Crippen LogP contribution is -1.97. The number of rotatable bonds is 8. The van der Waals surface area contributed by atoms with Gasteiger partial charge in [-0.15, -0.1) is 0 Å². The normalized spacial score (nSPS) is 9.00. The van der Waals surface area contributed by atoms with E-state index in [1.807, 2.05) is 6.92 Å². The average molecular weight is 248 g/mol. The van der Waals surface area contributed by atoms with E-state index in [9.17, 15) is 14.4 Å². The van der Waals surface area contributed by atoms with Gasteiger partial charge in [0.2, 0.25) is 0 Å². The Morgan fingerprint density at radius 3 is 1.18 bits per heavy atom. The zero-order chi connectivity index (χ0) is 13.7. The zero-order valence-corrected chi connectivity index (χ0v) is 10.0. The average Bonchev–Trinajstić information content (AvgIpc) is 2.22. The fourth-order valence-electron chi connectivity index (χ4n) is 0.880. The van der Waals surface area contributed by atoms with Crippen molar-refractivity contribution in [1.82, 2.24) is 0 Å². The Kier molecular flexibility index (Phi) is 13.1. The van der Waals surface area contributed by atoms with Gasteiger partial charge in [-0.2, -0.15) is 0 Å². The van der Waals surface area contributed by atoms with Crippen LogP contribution in [0.4, 0.5) is 0 Å². The molecule has 3 N–H and O–H groups in total. The Hall–Kier alpha value is -1.59. The number of carbonyl (C=O) groups is 3. The van der Waals surface area contributed by atoms with Crippen LogP contribution in [0.2, 0.25) is 0 Å². The first-order chi connectivity index (χ1) is 7.90. The molecule has 0 aliphatic carbocycles. The molecule has 0 aromatic heterocycles. The highest BCUT2D eigenvalue weighted by Gasteiger charge is 1.99. The van der Waals surface area contributed by atoms with E-state index in [1.165, 1.54) is 0 Å². The summed E-state index contributed by atoms with van der Waals surface area (Å²) >= 11 is 0. The quantitative estimate of drug-likeness (QED) is 0.566. The highest BCUT2D eigenvalue weighted by molar-refractivity contribution is 5.68. The maximum absolute atomic E-state index is 9.90. The van der Waals surface area contributed by atoms with Gasteiger partial charge >= 0.3 is 17.9 Å². The van der Waals surface area contributed by atoms with Crippen molar-refractivity contribution in [2.45, 2.75) is 51.9 Å². The summed E-state index contributed by atoms with van der Waals surface area (Å²) in [4.78, 5) is 29.6. The lowest BCUT2D eigenvalue weighted by Gasteiger charge is -1.92. The molecule has 0 rings (SSSR count). The molecule has 17 heavy (non-hydrogen) atoms. The molecule has 0 fully saturated rings. The third-order valence-electron chi connectivity index (χ3n) is 1.78. The van der Waals surface area contributed by atoms with E-state index in [2.05, 4.69) is 0 Å². The summed E-state index contributed by atoms with van der Waals surface area (Å²) in [5.41, 5.74) is 0. The van der Waals surface area contributed by atoms with Crippen LogP contribution in [0.1, 0.15) is 51.9 Å². The summed E-state index contributed by atoms with van der Waals surface area (Å²) in [6.07, 6.45) is 3.10. The van der Waals surface area contributed by atoms with E-state index in [1.54, 1.807) is 0 Å². The van der Waals surface area contributed by atoms with Gasteiger partial charge < -0.3 is 15.3 Å². The lowest BCUT2D eigenvalue weighted by molar-refractivity contribution is -0.139. The van der Waals surface area contributed by atoms with Gasteiger partial charge in [0, 0.05) is 19.3 Å². The van der Waals surface area contributed by atoms with Crippen LogP contribution >= 0.6 is 0 Å².